The Hall–Kier alpha value is -2.08. The Morgan fingerprint density at radius 2 is 1.78 bits per heavy atom. The molecule has 0 aliphatic carbocycles. The fourth-order valence-electron chi connectivity index (χ4n) is 1.47. The molecule has 0 N–H and O–H groups in total. The molecule has 0 unspecified atom stereocenters. The van der Waals surface area contributed by atoms with Gasteiger partial charge < -0.3 is 4.74 Å². The maximum absolute atomic E-state index is 11.9. The normalized spacial score (nSPS) is 9.30. The van der Waals surface area contributed by atoms with E-state index >= 15 is 0 Å². The average molecular weight is 322 g/mol. The number of benzene rings is 1. The molecule has 3 heteroatoms. The van der Waals surface area contributed by atoms with Gasteiger partial charge in [0.15, 0.2) is 0 Å². The quantitative estimate of drug-likeness (QED) is 0.438. The highest BCUT2D eigenvalue weighted by Crippen LogP contribution is 2.14. The number of rotatable bonds is 5. The first kappa shape index (κ1) is 23.2. The second-order valence-electron chi connectivity index (χ2n) is 4.53. The number of ether oxygens (including phenoxy) is 1. The van der Waals surface area contributed by atoms with Crippen LogP contribution in [0.1, 0.15) is 53.0 Å². The lowest BCUT2D eigenvalue weighted by molar-refractivity contribution is -0.0498. The smallest absolute Gasteiger partial charge is 0.387 e. The second-order valence-corrected chi connectivity index (χ2v) is 4.53. The lowest BCUT2D eigenvalue weighted by Crippen LogP contribution is -2.01. The molecule has 0 aliphatic rings. The number of unbranched alkanes of at least 4 members (excludes halogenated alkanes) is 2. The lowest BCUT2D eigenvalue weighted by atomic mass is 10.2. The lowest BCUT2D eigenvalue weighted by Gasteiger charge is -2.02. The Kier molecular flexibility index (Phi) is 15.0. The van der Waals surface area contributed by atoms with Crippen molar-refractivity contribution in [1.29, 1.82) is 0 Å². The number of allylic oxidation sites excluding steroid dienone is 3. The Balaban J connectivity index is 0. The SMILES string of the molecule is C.C=C(C#Cc1ccc(OC(F)F)cc1)/C=C\C.CCCCC. The molecule has 0 saturated heterocycles. The first-order chi connectivity index (χ1) is 10.5. The number of alkyl halides is 2. The first-order valence-electron chi connectivity index (χ1n) is 7.41. The molecule has 0 amide bonds. The van der Waals surface area contributed by atoms with Crippen LogP contribution in [-0.4, -0.2) is 6.61 Å². The molecule has 1 rings (SSSR count). The summed E-state index contributed by atoms with van der Waals surface area (Å²) in [4.78, 5) is 0. The van der Waals surface area contributed by atoms with Gasteiger partial charge in [-0.15, -0.1) is 0 Å². The van der Waals surface area contributed by atoms with Crippen LogP contribution in [0.25, 0.3) is 0 Å². The minimum atomic E-state index is -2.80. The molecular formula is C20H28F2O. The third-order valence-electron chi connectivity index (χ3n) is 2.52. The van der Waals surface area contributed by atoms with Crippen LogP contribution in [-0.2, 0) is 0 Å². The van der Waals surface area contributed by atoms with Crippen LogP contribution < -0.4 is 4.74 Å². The van der Waals surface area contributed by atoms with Crippen molar-refractivity contribution >= 4 is 0 Å². The molecule has 0 aromatic heterocycles. The Morgan fingerprint density at radius 1 is 1.22 bits per heavy atom. The number of hydrogen-bond acceptors (Lipinski definition) is 1. The van der Waals surface area contributed by atoms with Crippen LogP contribution in [0.15, 0.2) is 48.6 Å². The van der Waals surface area contributed by atoms with Gasteiger partial charge >= 0.3 is 6.61 Å². The van der Waals surface area contributed by atoms with Crippen LogP contribution in [0, 0.1) is 11.8 Å². The van der Waals surface area contributed by atoms with Gasteiger partial charge in [0.05, 0.1) is 0 Å². The van der Waals surface area contributed by atoms with E-state index in [4.69, 9.17) is 0 Å². The Bertz CT molecular complexity index is 503. The van der Waals surface area contributed by atoms with Crippen molar-refractivity contribution in [2.75, 3.05) is 0 Å². The van der Waals surface area contributed by atoms with Gasteiger partial charge in [0.25, 0.3) is 0 Å². The van der Waals surface area contributed by atoms with E-state index in [0.717, 1.165) is 5.56 Å². The van der Waals surface area contributed by atoms with Crippen molar-refractivity contribution in [2.45, 2.75) is 54.1 Å². The minimum Gasteiger partial charge on any atom is -0.435 e. The fraction of sp³-hybridized carbons (Fsp3) is 0.400. The summed E-state index contributed by atoms with van der Waals surface area (Å²) in [5.41, 5.74) is 1.41. The second kappa shape index (κ2) is 14.8. The average Bonchev–Trinajstić information content (AvgIpc) is 2.48. The van der Waals surface area contributed by atoms with Crippen molar-refractivity contribution in [3.8, 4) is 17.6 Å². The number of hydrogen-bond donors (Lipinski definition) is 0. The highest BCUT2D eigenvalue weighted by molar-refractivity contribution is 5.44. The van der Waals surface area contributed by atoms with Gasteiger partial charge in [-0.25, -0.2) is 0 Å². The minimum absolute atomic E-state index is 0. The van der Waals surface area contributed by atoms with Crippen molar-refractivity contribution in [2.24, 2.45) is 0 Å². The van der Waals surface area contributed by atoms with Gasteiger partial charge in [-0.3, -0.25) is 0 Å². The zero-order valence-corrected chi connectivity index (χ0v) is 13.5. The molecule has 1 aromatic rings. The molecule has 0 radical (unpaired) electrons. The van der Waals surface area contributed by atoms with Crippen LogP contribution in [0.5, 0.6) is 5.75 Å². The molecule has 0 heterocycles. The van der Waals surface area contributed by atoms with Gasteiger partial charge in [-0.1, -0.05) is 71.1 Å². The van der Waals surface area contributed by atoms with Crippen LogP contribution >= 0.6 is 0 Å². The summed E-state index contributed by atoms with van der Waals surface area (Å²) in [6.45, 7) is 7.23. The molecule has 0 fully saturated rings. The molecule has 0 aliphatic heterocycles. The molecular weight excluding hydrogens is 294 g/mol. The fourth-order valence-corrected chi connectivity index (χ4v) is 1.47. The predicted octanol–water partition coefficient (Wildman–Crippen LogP) is 6.60. The monoisotopic (exact) mass is 322 g/mol. The van der Waals surface area contributed by atoms with E-state index in [1.54, 1.807) is 18.2 Å². The topological polar surface area (TPSA) is 9.23 Å². The summed E-state index contributed by atoms with van der Waals surface area (Å²) in [5, 5.41) is 0. The van der Waals surface area contributed by atoms with E-state index < -0.39 is 6.61 Å². The van der Waals surface area contributed by atoms with Crippen molar-refractivity contribution in [1.82, 2.24) is 0 Å². The van der Waals surface area contributed by atoms with E-state index in [9.17, 15) is 8.78 Å². The Labute approximate surface area is 140 Å². The third kappa shape index (κ3) is 13.3. The number of halogens is 2. The summed E-state index contributed by atoms with van der Waals surface area (Å²) in [6, 6.07) is 6.14. The standard InChI is InChI=1S/C14H12F2O.C5H12.CH4/c1-3-4-11(2)5-6-12-7-9-13(10-8-12)17-14(15)16;1-3-5-4-2;/h3-4,7-10,14H,2H2,1H3;3-5H2,1-2H3;1H4/b4-3-;;. The summed E-state index contributed by atoms with van der Waals surface area (Å²) < 4.78 is 28.0. The van der Waals surface area contributed by atoms with Gasteiger partial charge in [0.2, 0.25) is 0 Å². The van der Waals surface area contributed by atoms with Gasteiger partial charge in [-0.05, 0) is 31.2 Å². The molecule has 0 saturated carbocycles. The maximum atomic E-state index is 11.9. The van der Waals surface area contributed by atoms with Gasteiger partial charge in [0, 0.05) is 11.1 Å². The van der Waals surface area contributed by atoms with Gasteiger partial charge in [-0.2, -0.15) is 8.78 Å². The van der Waals surface area contributed by atoms with E-state index in [1.165, 1.54) is 31.4 Å². The molecule has 1 aromatic carbocycles. The predicted molar refractivity (Wildman–Crippen MR) is 95.8 cm³/mol. The highest BCUT2D eigenvalue weighted by Gasteiger charge is 2.02. The van der Waals surface area contributed by atoms with E-state index in [1.807, 2.05) is 13.0 Å². The molecule has 0 bridgehead atoms. The van der Waals surface area contributed by atoms with Crippen LogP contribution in [0.4, 0.5) is 8.78 Å². The van der Waals surface area contributed by atoms with Crippen LogP contribution in [0.2, 0.25) is 0 Å². The third-order valence-corrected chi connectivity index (χ3v) is 2.52. The van der Waals surface area contributed by atoms with Crippen molar-refractivity contribution in [3.05, 3.63) is 54.1 Å². The van der Waals surface area contributed by atoms with Crippen molar-refractivity contribution in [3.63, 3.8) is 0 Å². The zero-order chi connectivity index (χ0) is 16.8. The van der Waals surface area contributed by atoms with E-state index in [0.29, 0.717) is 5.57 Å². The molecule has 1 nitrogen and oxygen atoms in total. The molecule has 0 atom stereocenters. The van der Waals surface area contributed by atoms with Crippen LogP contribution in [0.3, 0.4) is 0 Å². The zero-order valence-electron chi connectivity index (χ0n) is 13.5. The van der Waals surface area contributed by atoms with Crippen molar-refractivity contribution < 1.29 is 13.5 Å². The summed E-state index contributed by atoms with van der Waals surface area (Å²) in [6.07, 6.45) is 7.71. The van der Waals surface area contributed by atoms with E-state index in [2.05, 4.69) is 37.0 Å². The molecule has 128 valence electrons. The largest absolute Gasteiger partial charge is 0.435 e. The maximum Gasteiger partial charge on any atom is 0.387 e. The highest BCUT2D eigenvalue weighted by atomic mass is 19.3. The summed E-state index contributed by atoms with van der Waals surface area (Å²) >= 11 is 0. The first-order valence-corrected chi connectivity index (χ1v) is 7.41. The van der Waals surface area contributed by atoms with E-state index in [-0.39, 0.29) is 13.2 Å². The Morgan fingerprint density at radius 3 is 2.17 bits per heavy atom. The summed E-state index contributed by atoms with van der Waals surface area (Å²) in [7, 11) is 0. The molecule has 23 heavy (non-hydrogen) atoms. The van der Waals surface area contributed by atoms with Gasteiger partial charge in [0.1, 0.15) is 5.75 Å². The molecule has 0 spiro atoms. The summed E-state index contributed by atoms with van der Waals surface area (Å²) in [5.74, 6) is 5.83.